The summed E-state index contributed by atoms with van der Waals surface area (Å²) in [6, 6.07) is 6.62. The van der Waals surface area contributed by atoms with Crippen molar-refractivity contribution in [3.8, 4) is 0 Å². The first-order chi connectivity index (χ1) is 6.77. The van der Waals surface area contributed by atoms with Gasteiger partial charge in [0.25, 0.3) is 0 Å². The maximum atomic E-state index is 13.1. The number of benzene rings is 1. The Balaban J connectivity index is 2.49. The van der Waals surface area contributed by atoms with Crippen molar-refractivity contribution in [2.45, 2.75) is 26.1 Å². The molecule has 14 heavy (non-hydrogen) atoms. The number of nitrogens with two attached hydrogens (primary N) is 1. The van der Waals surface area contributed by atoms with Crippen molar-refractivity contribution in [3.63, 3.8) is 0 Å². The summed E-state index contributed by atoms with van der Waals surface area (Å²) in [6.07, 6.45) is 0.875. The topological polar surface area (TPSA) is 35.2 Å². The van der Waals surface area contributed by atoms with Crippen LogP contribution in [-0.2, 0) is 11.3 Å². The summed E-state index contributed by atoms with van der Waals surface area (Å²) in [5, 5.41) is 0. The maximum Gasteiger partial charge on any atom is 0.128 e. The number of hydrogen-bond donors (Lipinski definition) is 1. The summed E-state index contributed by atoms with van der Waals surface area (Å²) >= 11 is 0. The molecule has 1 unspecified atom stereocenters. The van der Waals surface area contributed by atoms with Crippen molar-refractivity contribution in [3.05, 3.63) is 35.6 Å². The van der Waals surface area contributed by atoms with Crippen LogP contribution in [-0.4, -0.2) is 12.6 Å². The highest BCUT2D eigenvalue weighted by Gasteiger charge is 2.06. The smallest absolute Gasteiger partial charge is 0.128 e. The molecule has 0 spiro atoms. The molecule has 0 aliphatic rings. The van der Waals surface area contributed by atoms with Crippen LogP contribution in [0, 0.1) is 5.82 Å². The van der Waals surface area contributed by atoms with Gasteiger partial charge in [0.05, 0.1) is 12.7 Å². The molecule has 1 aromatic carbocycles. The average molecular weight is 197 g/mol. The Bertz CT molecular complexity index is 274. The first kappa shape index (κ1) is 11.1. The minimum atomic E-state index is -0.223. The van der Waals surface area contributed by atoms with Crippen molar-refractivity contribution >= 4 is 0 Å². The lowest BCUT2D eigenvalue weighted by Gasteiger charge is -2.13. The third kappa shape index (κ3) is 3.09. The van der Waals surface area contributed by atoms with Crippen LogP contribution in [0.1, 0.15) is 18.9 Å². The molecule has 1 aromatic rings. The molecule has 0 bridgehead atoms. The van der Waals surface area contributed by atoms with E-state index >= 15 is 0 Å². The molecular weight excluding hydrogens is 181 g/mol. The number of hydrogen-bond acceptors (Lipinski definition) is 2. The molecule has 0 aliphatic carbocycles. The van der Waals surface area contributed by atoms with Gasteiger partial charge in [-0.3, -0.25) is 0 Å². The highest BCUT2D eigenvalue weighted by molar-refractivity contribution is 5.16. The molecule has 0 aliphatic heterocycles. The lowest BCUT2D eigenvalue weighted by molar-refractivity contribution is 0.0425. The molecule has 0 fully saturated rings. The van der Waals surface area contributed by atoms with Crippen LogP contribution in [0.3, 0.4) is 0 Å². The Kier molecular flexibility index (Phi) is 4.56. The molecule has 2 N–H and O–H groups in total. The summed E-state index contributed by atoms with van der Waals surface area (Å²) in [4.78, 5) is 0. The molecule has 1 atom stereocenters. The van der Waals surface area contributed by atoms with Gasteiger partial charge in [0.1, 0.15) is 5.82 Å². The zero-order chi connectivity index (χ0) is 10.4. The fourth-order valence-electron chi connectivity index (χ4n) is 1.18. The van der Waals surface area contributed by atoms with Gasteiger partial charge in [-0.15, -0.1) is 0 Å². The molecule has 0 saturated carbocycles. The van der Waals surface area contributed by atoms with E-state index in [0.29, 0.717) is 18.7 Å². The Morgan fingerprint density at radius 3 is 2.71 bits per heavy atom. The fraction of sp³-hybridized carbons (Fsp3) is 0.455. The van der Waals surface area contributed by atoms with Crippen molar-refractivity contribution in [2.24, 2.45) is 5.73 Å². The standard InChI is InChI=1S/C11H16FNO/c1-2-10(7-13)14-8-9-5-3-4-6-11(9)12/h3-6,10H,2,7-8,13H2,1H3. The van der Waals surface area contributed by atoms with Crippen LogP contribution in [0.25, 0.3) is 0 Å². The maximum absolute atomic E-state index is 13.1. The van der Waals surface area contributed by atoms with E-state index in [1.807, 2.05) is 6.92 Å². The first-order valence-corrected chi connectivity index (χ1v) is 4.83. The molecule has 0 aromatic heterocycles. The van der Waals surface area contributed by atoms with Crippen LogP contribution in [0.5, 0.6) is 0 Å². The lowest BCUT2D eigenvalue weighted by Crippen LogP contribution is -2.22. The fourth-order valence-corrected chi connectivity index (χ4v) is 1.18. The molecule has 3 heteroatoms. The van der Waals surface area contributed by atoms with Crippen LogP contribution >= 0.6 is 0 Å². The minimum Gasteiger partial charge on any atom is -0.372 e. The second-order valence-corrected chi connectivity index (χ2v) is 3.17. The normalized spacial score (nSPS) is 12.8. The molecule has 0 radical (unpaired) electrons. The van der Waals surface area contributed by atoms with Gasteiger partial charge in [-0.05, 0) is 12.5 Å². The molecule has 0 amide bonds. The zero-order valence-corrected chi connectivity index (χ0v) is 8.37. The lowest BCUT2D eigenvalue weighted by atomic mass is 10.2. The summed E-state index contributed by atoms with van der Waals surface area (Å²) in [6.45, 7) is 2.77. The van der Waals surface area contributed by atoms with Crippen LogP contribution in [0.4, 0.5) is 4.39 Å². The Hall–Kier alpha value is -0.930. The quantitative estimate of drug-likeness (QED) is 0.784. The van der Waals surface area contributed by atoms with E-state index in [9.17, 15) is 4.39 Å². The summed E-state index contributed by atoms with van der Waals surface area (Å²) < 4.78 is 18.6. The van der Waals surface area contributed by atoms with E-state index in [1.54, 1.807) is 18.2 Å². The van der Waals surface area contributed by atoms with E-state index in [0.717, 1.165) is 6.42 Å². The Morgan fingerprint density at radius 1 is 1.43 bits per heavy atom. The van der Waals surface area contributed by atoms with Crippen LogP contribution in [0.2, 0.25) is 0 Å². The average Bonchev–Trinajstić information content (AvgIpc) is 2.22. The molecule has 78 valence electrons. The summed E-state index contributed by atoms with van der Waals surface area (Å²) in [7, 11) is 0. The second kappa shape index (κ2) is 5.73. The van der Waals surface area contributed by atoms with E-state index in [2.05, 4.69) is 0 Å². The van der Waals surface area contributed by atoms with Crippen molar-refractivity contribution < 1.29 is 9.13 Å². The predicted octanol–water partition coefficient (Wildman–Crippen LogP) is 2.08. The molecule has 2 nitrogen and oxygen atoms in total. The second-order valence-electron chi connectivity index (χ2n) is 3.17. The van der Waals surface area contributed by atoms with Gasteiger partial charge in [-0.25, -0.2) is 4.39 Å². The largest absolute Gasteiger partial charge is 0.372 e. The van der Waals surface area contributed by atoms with Crippen LogP contribution in [0.15, 0.2) is 24.3 Å². The highest BCUT2D eigenvalue weighted by atomic mass is 19.1. The molecular formula is C11H16FNO. The Morgan fingerprint density at radius 2 is 2.14 bits per heavy atom. The first-order valence-electron chi connectivity index (χ1n) is 4.83. The third-order valence-electron chi connectivity index (χ3n) is 2.15. The van der Waals surface area contributed by atoms with Gasteiger partial charge in [0.2, 0.25) is 0 Å². The monoisotopic (exact) mass is 197 g/mol. The summed E-state index contributed by atoms with van der Waals surface area (Å²) in [5.74, 6) is -0.223. The molecule has 0 saturated heterocycles. The van der Waals surface area contributed by atoms with E-state index in [-0.39, 0.29) is 11.9 Å². The van der Waals surface area contributed by atoms with Gasteiger partial charge >= 0.3 is 0 Å². The van der Waals surface area contributed by atoms with E-state index in [4.69, 9.17) is 10.5 Å². The van der Waals surface area contributed by atoms with Gasteiger partial charge in [-0.2, -0.15) is 0 Å². The number of ether oxygens (including phenoxy) is 1. The highest BCUT2D eigenvalue weighted by Crippen LogP contribution is 2.09. The van der Waals surface area contributed by atoms with Crippen molar-refractivity contribution in [2.75, 3.05) is 6.54 Å². The number of halogens is 1. The SMILES string of the molecule is CCC(CN)OCc1ccccc1F. The minimum absolute atomic E-state index is 0.0228. The van der Waals surface area contributed by atoms with Crippen LogP contribution < -0.4 is 5.73 Å². The van der Waals surface area contributed by atoms with E-state index < -0.39 is 0 Å². The zero-order valence-electron chi connectivity index (χ0n) is 8.37. The van der Waals surface area contributed by atoms with Gasteiger partial charge in [-0.1, -0.05) is 25.1 Å². The van der Waals surface area contributed by atoms with Gasteiger partial charge < -0.3 is 10.5 Å². The Labute approximate surface area is 83.9 Å². The predicted molar refractivity (Wildman–Crippen MR) is 54.3 cm³/mol. The van der Waals surface area contributed by atoms with Gasteiger partial charge in [0.15, 0.2) is 0 Å². The van der Waals surface area contributed by atoms with E-state index in [1.165, 1.54) is 6.07 Å². The number of rotatable bonds is 5. The van der Waals surface area contributed by atoms with Gasteiger partial charge in [0, 0.05) is 12.1 Å². The third-order valence-corrected chi connectivity index (χ3v) is 2.15. The molecule has 1 rings (SSSR count). The molecule has 0 heterocycles. The van der Waals surface area contributed by atoms with Crippen molar-refractivity contribution in [1.82, 2.24) is 0 Å². The van der Waals surface area contributed by atoms with Crippen molar-refractivity contribution in [1.29, 1.82) is 0 Å². The summed E-state index contributed by atoms with van der Waals surface area (Å²) in [5.41, 5.74) is 6.05.